The number of carboxylic acid groups (broad SMARTS) is 1. The standard InChI is InChI=1S/C9H16O3/c1-9(2,12)7-4-3-6(5-7)8(10)11/h6-7,12H,3-5H2,1-2H3,(H,10,11). The lowest BCUT2D eigenvalue weighted by molar-refractivity contribution is -0.141. The van der Waals surface area contributed by atoms with Crippen molar-refractivity contribution in [1.82, 2.24) is 0 Å². The van der Waals surface area contributed by atoms with Crippen LogP contribution in [0.4, 0.5) is 0 Å². The Labute approximate surface area is 72.4 Å². The Morgan fingerprint density at radius 3 is 2.25 bits per heavy atom. The molecule has 0 bridgehead atoms. The number of aliphatic carboxylic acids is 1. The second kappa shape index (κ2) is 3.05. The van der Waals surface area contributed by atoms with Gasteiger partial charge in [-0.05, 0) is 39.0 Å². The summed E-state index contributed by atoms with van der Waals surface area (Å²) >= 11 is 0. The number of carbonyl (C=O) groups is 1. The van der Waals surface area contributed by atoms with Gasteiger partial charge in [0.1, 0.15) is 0 Å². The second-order valence-corrected chi connectivity index (χ2v) is 4.20. The van der Waals surface area contributed by atoms with E-state index in [4.69, 9.17) is 5.11 Å². The highest BCUT2D eigenvalue weighted by molar-refractivity contribution is 5.70. The van der Waals surface area contributed by atoms with Crippen LogP contribution in [0.3, 0.4) is 0 Å². The molecule has 3 nitrogen and oxygen atoms in total. The Kier molecular flexibility index (Phi) is 2.42. The Morgan fingerprint density at radius 1 is 1.42 bits per heavy atom. The van der Waals surface area contributed by atoms with Crippen LogP contribution in [0.1, 0.15) is 33.1 Å². The molecule has 2 unspecified atom stereocenters. The molecule has 0 saturated heterocycles. The highest BCUT2D eigenvalue weighted by atomic mass is 16.4. The predicted molar refractivity (Wildman–Crippen MR) is 44.8 cm³/mol. The maximum atomic E-state index is 10.6. The molecule has 1 aliphatic carbocycles. The summed E-state index contributed by atoms with van der Waals surface area (Å²) in [6.45, 7) is 3.50. The average Bonchev–Trinajstić information content (AvgIpc) is 2.30. The molecule has 0 aromatic rings. The summed E-state index contributed by atoms with van der Waals surface area (Å²) in [7, 11) is 0. The van der Waals surface area contributed by atoms with Gasteiger partial charge in [0.25, 0.3) is 0 Å². The average molecular weight is 172 g/mol. The van der Waals surface area contributed by atoms with Gasteiger partial charge in [-0.15, -0.1) is 0 Å². The molecule has 2 N–H and O–H groups in total. The molecular formula is C9H16O3. The maximum Gasteiger partial charge on any atom is 0.306 e. The molecule has 0 aliphatic heterocycles. The van der Waals surface area contributed by atoms with E-state index in [1.807, 2.05) is 0 Å². The molecule has 2 atom stereocenters. The third-order valence-corrected chi connectivity index (χ3v) is 2.78. The molecule has 0 radical (unpaired) electrons. The van der Waals surface area contributed by atoms with E-state index in [-0.39, 0.29) is 11.8 Å². The van der Waals surface area contributed by atoms with Crippen LogP contribution in [0, 0.1) is 11.8 Å². The molecule has 0 aromatic heterocycles. The summed E-state index contributed by atoms with van der Waals surface area (Å²) in [5.41, 5.74) is -0.718. The summed E-state index contributed by atoms with van der Waals surface area (Å²) in [6.07, 6.45) is 2.17. The zero-order chi connectivity index (χ0) is 9.35. The van der Waals surface area contributed by atoms with Crippen molar-refractivity contribution in [2.24, 2.45) is 11.8 Å². The van der Waals surface area contributed by atoms with E-state index >= 15 is 0 Å². The number of hydrogen-bond acceptors (Lipinski definition) is 2. The highest BCUT2D eigenvalue weighted by Crippen LogP contribution is 2.37. The lowest BCUT2D eigenvalue weighted by Gasteiger charge is -2.24. The quantitative estimate of drug-likeness (QED) is 0.659. The lowest BCUT2D eigenvalue weighted by Crippen LogP contribution is -2.29. The number of aliphatic hydroxyl groups is 1. The highest BCUT2D eigenvalue weighted by Gasteiger charge is 2.37. The van der Waals surface area contributed by atoms with Crippen molar-refractivity contribution in [1.29, 1.82) is 0 Å². The fraction of sp³-hybridized carbons (Fsp3) is 0.889. The first-order chi connectivity index (χ1) is 5.41. The zero-order valence-electron chi connectivity index (χ0n) is 7.58. The molecule has 0 aromatic carbocycles. The first kappa shape index (κ1) is 9.52. The number of carboxylic acids is 1. The minimum Gasteiger partial charge on any atom is -0.481 e. The van der Waals surface area contributed by atoms with Crippen LogP contribution in [-0.4, -0.2) is 21.8 Å². The van der Waals surface area contributed by atoms with Crippen LogP contribution in [-0.2, 0) is 4.79 Å². The third kappa shape index (κ3) is 1.97. The third-order valence-electron chi connectivity index (χ3n) is 2.78. The summed E-state index contributed by atoms with van der Waals surface area (Å²) in [6, 6.07) is 0. The van der Waals surface area contributed by atoms with Gasteiger partial charge >= 0.3 is 5.97 Å². The molecule has 0 heterocycles. The van der Waals surface area contributed by atoms with Crippen LogP contribution >= 0.6 is 0 Å². The monoisotopic (exact) mass is 172 g/mol. The van der Waals surface area contributed by atoms with Crippen molar-refractivity contribution < 1.29 is 15.0 Å². The first-order valence-electron chi connectivity index (χ1n) is 4.36. The lowest BCUT2D eigenvalue weighted by atomic mass is 9.89. The minimum absolute atomic E-state index is 0.151. The predicted octanol–water partition coefficient (Wildman–Crippen LogP) is 1.26. The maximum absolute atomic E-state index is 10.6. The molecule has 12 heavy (non-hydrogen) atoms. The van der Waals surface area contributed by atoms with E-state index in [0.717, 1.165) is 6.42 Å². The molecule has 1 rings (SSSR count). The van der Waals surface area contributed by atoms with Gasteiger partial charge in [-0.25, -0.2) is 0 Å². The van der Waals surface area contributed by atoms with Gasteiger partial charge in [-0.2, -0.15) is 0 Å². The van der Waals surface area contributed by atoms with Crippen molar-refractivity contribution in [3.05, 3.63) is 0 Å². The van der Waals surface area contributed by atoms with Crippen LogP contribution in [0.15, 0.2) is 0 Å². The van der Waals surface area contributed by atoms with Crippen molar-refractivity contribution in [3.63, 3.8) is 0 Å². The Hall–Kier alpha value is -0.570. The molecule has 0 spiro atoms. The van der Waals surface area contributed by atoms with E-state index in [2.05, 4.69) is 0 Å². The molecule has 1 aliphatic rings. The summed E-state index contributed by atoms with van der Waals surface area (Å²) < 4.78 is 0. The van der Waals surface area contributed by atoms with Gasteiger partial charge in [0.15, 0.2) is 0 Å². The summed E-state index contributed by atoms with van der Waals surface area (Å²) in [4.78, 5) is 10.6. The minimum atomic E-state index is -0.721. The van der Waals surface area contributed by atoms with E-state index in [0.29, 0.717) is 12.8 Å². The largest absolute Gasteiger partial charge is 0.481 e. The van der Waals surface area contributed by atoms with Gasteiger partial charge in [-0.3, -0.25) is 4.79 Å². The Morgan fingerprint density at radius 2 is 2.00 bits per heavy atom. The normalized spacial score (nSPS) is 30.6. The van der Waals surface area contributed by atoms with E-state index in [9.17, 15) is 9.90 Å². The molecule has 3 heteroatoms. The van der Waals surface area contributed by atoms with Gasteiger partial charge < -0.3 is 10.2 Å². The van der Waals surface area contributed by atoms with Crippen molar-refractivity contribution in [2.75, 3.05) is 0 Å². The molecule has 1 saturated carbocycles. The van der Waals surface area contributed by atoms with Crippen LogP contribution in [0.5, 0.6) is 0 Å². The Bertz CT molecular complexity index is 181. The van der Waals surface area contributed by atoms with Crippen molar-refractivity contribution >= 4 is 5.97 Å². The zero-order valence-corrected chi connectivity index (χ0v) is 7.58. The SMILES string of the molecule is CC(C)(O)C1CCC(C(=O)O)C1. The van der Waals surface area contributed by atoms with Crippen molar-refractivity contribution in [3.8, 4) is 0 Å². The van der Waals surface area contributed by atoms with E-state index in [1.54, 1.807) is 13.8 Å². The van der Waals surface area contributed by atoms with E-state index < -0.39 is 11.6 Å². The summed E-state index contributed by atoms with van der Waals surface area (Å²) in [5.74, 6) is -0.804. The van der Waals surface area contributed by atoms with Crippen molar-refractivity contribution in [2.45, 2.75) is 38.7 Å². The number of hydrogen-bond donors (Lipinski definition) is 2. The molecule has 0 amide bonds. The molecule has 70 valence electrons. The number of rotatable bonds is 2. The molecule has 1 fully saturated rings. The smallest absolute Gasteiger partial charge is 0.306 e. The summed E-state index contributed by atoms with van der Waals surface area (Å²) in [5, 5.41) is 18.3. The Balaban J connectivity index is 2.51. The second-order valence-electron chi connectivity index (χ2n) is 4.20. The van der Waals surface area contributed by atoms with Gasteiger partial charge in [0.05, 0.1) is 11.5 Å². The van der Waals surface area contributed by atoms with E-state index in [1.165, 1.54) is 0 Å². The van der Waals surface area contributed by atoms with Crippen LogP contribution in [0.25, 0.3) is 0 Å². The fourth-order valence-corrected chi connectivity index (χ4v) is 1.85. The van der Waals surface area contributed by atoms with Gasteiger partial charge in [0.2, 0.25) is 0 Å². The molecular weight excluding hydrogens is 156 g/mol. The fourth-order valence-electron chi connectivity index (χ4n) is 1.85. The topological polar surface area (TPSA) is 57.5 Å². The van der Waals surface area contributed by atoms with Gasteiger partial charge in [-0.1, -0.05) is 0 Å². The van der Waals surface area contributed by atoms with Gasteiger partial charge in [0, 0.05) is 0 Å². The van der Waals surface area contributed by atoms with Crippen LogP contribution < -0.4 is 0 Å². The van der Waals surface area contributed by atoms with Crippen LogP contribution in [0.2, 0.25) is 0 Å². The first-order valence-corrected chi connectivity index (χ1v) is 4.36.